The minimum atomic E-state index is -0.900. The van der Waals surface area contributed by atoms with Gasteiger partial charge in [0.05, 0.1) is 17.9 Å². The van der Waals surface area contributed by atoms with E-state index < -0.39 is 17.8 Å². The lowest BCUT2D eigenvalue weighted by Gasteiger charge is -2.26. The number of rotatable bonds is 4. The van der Waals surface area contributed by atoms with Gasteiger partial charge < -0.3 is 10.4 Å². The van der Waals surface area contributed by atoms with E-state index in [2.05, 4.69) is 5.32 Å². The molecule has 2 rings (SSSR count). The Morgan fingerprint density at radius 1 is 1.19 bits per heavy atom. The van der Waals surface area contributed by atoms with Crippen molar-refractivity contribution in [3.05, 3.63) is 47.5 Å². The minimum Gasteiger partial charge on any atom is -0.481 e. The molecule has 0 bridgehead atoms. The van der Waals surface area contributed by atoms with Crippen LogP contribution >= 0.6 is 0 Å². The number of nitrogens with one attached hydrogen (secondary N) is 1. The number of hydrogen-bond donors (Lipinski definition) is 2. The second kappa shape index (κ2) is 6.57. The van der Waals surface area contributed by atoms with Crippen LogP contribution in [0, 0.1) is 18.8 Å². The van der Waals surface area contributed by atoms with Crippen LogP contribution in [0.15, 0.2) is 36.4 Å². The van der Waals surface area contributed by atoms with Crippen LogP contribution in [0.25, 0.3) is 0 Å². The number of carbonyl (C=O) groups is 2. The maximum Gasteiger partial charge on any atom is 0.307 e. The molecule has 0 saturated carbocycles. The van der Waals surface area contributed by atoms with E-state index in [9.17, 15) is 14.7 Å². The summed E-state index contributed by atoms with van der Waals surface area (Å²) >= 11 is 0. The summed E-state index contributed by atoms with van der Waals surface area (Å²) < 4.78 is 0. The number of carbonyl (C=O) groups excluding carboxylic acids is 1. The van der Waals surface area contributed by atoms with Gasteiger partial charge in [0.15, 0.2) is 0 Å². The van der Waals surface area contributed by atoms with Gasteiger partial charge in [-0.25, -0.2) is 0 Å². The Hall–Kier alpha value is -2.10. The Labute approximate surface area is 124 Å². The molecule has 2 N–H and O–H groups in total. The summed E-state index contributed by atoms with van der Waals surface area (Å²) in [6, 6.07) is 7.75. The van der Waals surface area contributed by atoms with E-state index in [0.29, 0.717) is 12.8 Å². The monoisotopic (exact) mass is 287 g/mol. The van der Waals surface area contributed by atoms with Crippen molar-refractivity contribution in [2.45, 2.75) is 32.7 Å². The zero-order valence-electron chi connectivity index (χ0n) is 12.4. The molecule has 0 aromatic heterocycles. The molecule has 4 heteroatoms. The molecule has 0 saturated heterocycles. The van der Waals surface area contributed by atoms with Crippen molar-refractivity contribution < 1.29 is 14.7 Å². The molecule has 3 atom stereocenters. The van der Waals surface area contributed by atoms with Crippen LogP contribution in [0.1, 0.15) is 36.9 Å². The smallest absolute Gasteiger partial charge is 0.307 e. The van der Waals surface area contributed by atoms with E-state index in [-0.39, 0.29) is 11.9 Å². The molecule has 0 fully saturated rings. The van der Waals surface area contributed by atoms with Gasteiger partial charge in [0.25, 0.3) is 0 Å². The van der Waals surface area contributed by atoms with Gasteiger partial charge in [-0.15, -0.1) is 0 Å². The van der Waals surface area contributed by atoms with Crippen molar-refractivity contribution in [3.63, 3.8) is 0 Å². The Morgan fingerprint density at radius 3 is 2.43 bits per heavy atom. The van der Waals surface area contributed by atoms with E-state index >= 15 is 0 Å². The summed E-state index contributed by atoms with van der Waals surface area (Å²) in [6.07, 6.45) is 4.64. The van der Waals surface area contributed by atoms with Crippen LogP contribution in [0.5, 0.6) is 0 Å². The summed E-state index contributed by atoms with van der Waals surface area (Å²) in [7, 11) is 0. The highest BCUT2D eigenvalue weighted by Crippen LogP contribution is 2.27. The molecule has 1 aliphatic rings. The van der Waals surface area contributed by atoms with E-state index in [4.69, 9.17) is 0 Å². The van der Waals surface area contributed by atoms with Gasteiger partial charge in [0.2, 0.25) is 5.91 Å². The lowest BCUT2D eigenvalue weighted by molar-refractivity contribution is -0.147. The number of aryl methyl sites for hydroxylation is 1. The number of carboxylic acid groups (broad SMARTS) is 1. The average Bonchev–Trinajstić information content (AvgIpc) is 2.47. The van der Waals surface area contributed by atoms with Gasteiger partial charge in [-0.05, 0) is 37.8 Å². The molecule has 0 heterocycles. The maximum absolute atomic E-state index is 12.4. The molecule has 112 valence electrons. The van der Waals surface area contributed by atoms with Crippen molar-refractivity contribution in [3.8, 4) is 0 Å². The second-order valence-corrected chi connectivity index (χ2v) is 5.58. The maximum atomic E-state index is 12.4. The summed E-state index contributed by atoms with van der Waals surface area (Å²) in [5.41, 5.74) is 2.17. The first kappa shape index (κ1) is 15.3. The van der Waals surface area contributed by atoms with Gasteiger partial charge in [0.1, 0.15) is 0 Å². The standard InChI is InChI=1S/C17H21NO3/c1-11-7-3-4-8-13(11)12(2)18-16(19)14-9-5-6-10-15(14)17(20)21/h3-8,12,14-15H,9-10H2,1-2H3,(H,18,19)(H,20,21). The number of hydrogen-bond acceptors (Lipinski definition) is 2. The highest BCUT2D eigenvalue weighted by atomic mass is 16.4. The van der Waals surface area contributed by atoms with E-state index in [1.54, 1.807) is 0 Å². The summed E-state index contributed by atoms with van der Waals surface area (Å²) in [5.74, 6) is -2.19. The molecule has 1 aromatic rings. The zero-order chi connectivity index (χ0) is 15.4. The predicted octanol–water partition coefficient (Wildman–Crippen LogP) is 2.84. The summed E-state index contributed by atoms with van der Waals surface area (Å²) in [5, 5.41) is 12.2. The van der Waals surface area contributed by atoms with Gasteiger partial charge in [0, 0.05) is 0 Å². The van der Waals surface area contributed by atoms with Crippen molar-refractivity contribution in [1.82, 2.24) is 5.32 Å². The Morgan fingerprint density at radius 2 is 1.81 bits per heavy atom. The number of aliphatic carboxylic acids is 1. The molecular formula is C17H21NO3. The molecule has 1 aliphatic carbocycles. The fraction of sp³-hybridized carbons (Fsp3) is 0.412. The first-order valence-corrected chi connectivity index (χ1v) is 7.24. The molecule has 0 radical (unpaired) electrons. The van der Waals surface area contributed by atoms with Crippen LogP contribution in [-0.2, 0) is 9.59 Å². The quantitative estimate of drug-likeness (QED) is 0.837. The first-order valence-electron chi connectivity index (χ1n) is 7.24. The molecule has 3 unspecified atom stereocenters. The Balaban J connectivity index is 2.08. The van der Waals surface area contributed by atoms with E-state index in [1.165, 1.54) is 0 Å². The normalized spacial score (nSPS) is 22.6. The molecule has 1 aromatic carbocycles. The number of carboxylic acids is 1. The zero-order valence-corrected chi connectivity index (χ0v) is 12.4. The molecule has 0 aliphatic heterocycles. The predicted molar refractivity (Wildman–Crippen MR) is 80.7 cm³/mol. The molecule has 1 amide bonds. The van der Waals surface area contributed by atoms with Crippen LogP contribution in [-0.4, -0.2) is 17.0 Å². The summed E-state index contributed by atoms with van der Waals surface area (Å²) in [6.45, 7) is 3.93. The topological polar surface area (TPSA) is 66.4 Å². The van der Waals surface area contributed by atoms with Gasteiger partial charge in [-0.1, -0.05) is 36.4 Å². The van der Waals surface area contributed by atoms with Crippen molar-refractivity contribution in [2.75, 3.05) is 0 Å². The Bertz CT molecular complexity index is 565. The third-order valence-corrected chi connectivity index (χ3v) is 4.10. The highest BCUT2D eigenvalue weighted by molar-refractivity contribution is 5.85. The van der Waals surface area contributed by atoms with Crippen molar-refractivity contribution in [1.29, 1.82) is 0 Å². The van der Waals surface area contributed by atoms with Crippen LogP contribution in [0.2, 0.25) is 0 Å². The number of benzene rings is 1. The van der Waals surface area contributed by atoms with Crippen molar-refractivity contribution in [2.24, 2.45) is 11.8 Å². The third-order valence-electron chi connectivity index (χ3n) is 4.10. The van der Waals surface area contributed by atoms with Gasteiger partial charge >= 0.3 is 5.97 Å². The lowest BCUT2D eigenvalue weighted by Crippen LogP contribution is -2.39. The van der Waals surface area contributed by atoms with Crippen LogP contribution in [0.3, 0.4) is 0 Å². The molecule has 0 spiro atoms. The fourth-order valence-electron chi connectivity index (χ4n) is 2.85. The van der Waals surface area contributed by atoms with E-state index in [0.717, 1.165) is 11.1 Å². The molecule has 21 heavy (non-hydrogen) atoms. The van der Waals surface area contributed by atoms with Gasteiger partial charge in [-0.3, -0.25) is 9.59 Å². The lowest BCUT2D eigenvalue weighted by atomic mass is 9.82. The largest absolute Gasteiger partial charge is 0.481 e. The fourth-order valence-corrected chi connectivity index (χ4v) is 2.85. The Kier molecular flexibility index (Phi) is 4.78. The first-order chi connectivity index (χ1) is 10.0. The average molecular weight is 287 g/mol. The minimum absolute atomic E-state index is 0.126. The second-order valence-electron chi connectivity index (χ2n) is 5.58. The SMILES string of the molecule is Cc1ccccc1C(C)NC(=O)C1CC=CCC1C(=O)O. The summed E-state index contributed by atoms with van der Waals surface area (Å²) in [4.78, 5) is 23.7. The third kappa shape index (κ3) is 3.51. The molecule has 4 nitrogen and oxygen atoms in total. The van der Waals surface area contributed by atoms with Crippen LogP contribution in [0.4, 0.5) is 0 Å². The van der Waals surface area contributed by atoms with Crippen LogP contribution < -0.4 is 5.32 Å². The highest BCUT2D eigenvalue weighted by Gasteiger charge is 2.34. The number of amides is 1. The number of allylic oxidation sites excluding steroid dienone is 2. The molecular weight excluding hydrogens is 266 g/mol. The van der Waals surface area contributed by atoms with Gasteiger partial charge in [-0.2, -0.15) is 0 Å². The van der Waals surface area contributed by atoms with E-state index in [1.807, 2.05) is 50.3 Å². The van der Waals surface area contributed by atoms with Crippen molar-refractivity contribution >= 4 is 11.9 Å².